The molecular weight excluding hydrogens is 284 g/mol. The fraction of sp³-hybridized carbons (Fsp3) is 0.857. The summed E-state index contributed by atoms with van der Waals surface area (Å²) in [6, 6.07) is 0. The van der Waals surface area contributed by atoms with Crippen LogP contribution in [0.5, 0.6) is 0 Å². The van der Waals surface area contributed by atoms with E-state index in [-0.39, 0.29) is 31.8 Å². The van der Waals surface area contributed by atoms with Gasteiger partial charge in [-0.15, -0.1) is 0 Å². The van der Waals surface area contributed by atoms with Crippen LogP contribution < -0.4 is 0 Å². The standard InChI is InChI=1S/C19H28O2.2CH4/c1-18-9-7-13(20)11-12(18)3-4-14-15-5-6-17(21)19(15,2)10-8-16(14)18;;/h11,14-17,21H,3-10H2,1-2H3;2*1H4. The molecule has 0 saturated heterocycles. The number of hydrogen-bond donors (Lipinski definition) is 1. The van der Waals surface area contributed by atoms with Crippen LogP contribution in [0.3, 0.4) is 0 Å². The molecule has 0 heterocycles. The SMILES string of the molecule is C.C.CC12CCC(=O)C=C1CCC1C2CCC2(C)C(O)CCC12. The smallest absolute Gasteiger partial charge is 0.155 e. The van der Waals surface area contributed by atoms with Crippen LogP contribution in [-0.4, -0.2) is 17.0 Å². The van der Waals surface area contributed by atoms with E-state index < -0.39 is 0 Å². The summed E-state index contributed by atoms with van der Waals surface area (Å²) in [5.41, 5.74) is 1.89. The lowest BCUT2D eigenvalue weighted by Crippen LogP contribution is -2.51. The van der Waals surface area contributed by atoms with Crippen LogP contribution in [-0.2, 0) is 4.79 Å². The predicted molar refractivity (Wildman–Crippen MR) is 96.2 cm³/mol. The van der Waals surface area contributed by atoms with Crippen LogP contribution in [0.25, 0.3) is 0 Å². The van der Waals surface area contributed by atoms with E-state index in [9.17, 15) is 9.90 Å². The Kier molecular flexibility index (Phi) is 4.90. The van der Waals surface area contributed by atoms with Gasteiger partial charge in [0.25, 0.3) is 0 Å². The van der Waals surface area contributed by atoms with Crippen LogP contribution in [0.15, 0.2) is 11.6 Å². The van der Waals surface area contributed by atoms with Gasteiger partial charge in [0, 0.05) is 6.42 Å². The minimum absolute atomic E-state index is 0. The Morgan fingerprint density at radius 2 is 1.74 bits per heavy atom. The Morgan fingerprint density at radius 1 is 1.00 bits per heavy atom. The molecule has 0 aromatic heterocycles. The fourth-order valence-electron chi connectivity index (χ4n) is 6.53. The lowest BCUT2D eigenvalue weighted by molar-refractivity contribution is -0.118. The molecule has 4 aliphatic rings. The van der Waals surface area contributed by atoms with E-state index in [1.807, 2.05) is 6.08 Å². The molecule has 3 fully saturated rings. The van der Waals surface area contributed by atoms with Crippen molar-refractivity contribution in [3.05, 3.63) is 11.6 Å². The van der Waals surface area contributed by atoms with E-state index in [2.05, 4.69) is 13.8 Å². The van der Waals surface area contributed by atoms with E-state index >= 15 is 0 Å². The predicted octanol–water partition coefficient (Wildman–Crippen LogP) is 5.15. The monoisotopic (exact) mass is 320 g/mol. The van der Waals surface area contributed by atoms with Gasteiger partial charge in [0.1, 0.15) is 0 Å². The van der Waals surface area contributed by atoms with Gasteiger partial charge in [0.2, 0.25) is 0 Å². The Hall–Kier alpha value is -0.630. The molecule has 0 spiro atoms. The quantitative estimate of drug-likeness (QED) is 0.670. The lowest BCUT2D eigenvalue weighted by Gasteiger charge is -2.57. The molecule has 4 aliphatic carbocycles. The Labute approximate surface area is 142 Å². The second-order valence-corrected chi connectivity index (χ2v) is 8.61. The molecule has 0 bridgehead atoms. The molecule has 0 amide bonds. The summed E-state index contributed by atoms with van der Waals surface area (Å²) in [7, 11) is 0. The number of carbonyl (C=O) groups excluding carboxylic acids is 1. The Bertz CT molecular complexity index is 508. The number of aliphatic hydroxyl groups is 1. The van der Waals surface area contributed by atoms with E-state index in [1.54, 1.807) is 0 Å². The summed E-state index contributed by atoms with van der Waals surface area (Å²) in [6.07, 6.45) is 10.7. The van der Waals surface area contributed by atoms with Gasteiger partial charge in [0.15, 0.2) is 5.78 Å². The average Bonchev–Trinajstić information content (AvgIpc) is 2.76. The van der Waals surface area contributed by atoms with Crippen LogP contribution in [0.2, 0.25) is 0 Å². The van der Waals surface area contributed by atoms with E-state index in [4.69, 9.17) is 0 Å². The van der Waals surface area contributed by atoms with Crippen LogP contribution in [0.4, 0.5) is 0 Å². The van der Waals surface area contributed by atoms with Crippen molar-refractivity contribution in [3.8, 4) is 0 Å². The third-order valence-electron chi connectivity index (χ3n) is 7.91. The molecule has 6 atom stereocenters. The first kappa shape index (κ1) is 18.7. The molecule has 2 nitrogen and oxygen atoms in total. The molecule has 3 saturated carbocycles. The van der Waals surface area contributed by atoms with Gasteiger partial charge in [-0.3, -0.25) is 4.79 Å². The molecule has 4 rings (SSSR count). The Balaban J connectivity index is 0.000000960. The van der Waals surface area contributed by atoms with Gasteiger partial charge in [-0.05, 0) is 79.6 Å². The van der Waals surface area contributed by atoms with Crippen LogP contribution in [0.1, 0.15) is 80.1 Å². The highest BCUT2D eigenvalue weighted by Gasteiger charge is 2.58. The normalized spacial score (nSPS) is 48.1. The second-order valence-electron chi connectivity index (χ2n) is 8.61. The van der Waals surface area contributed by atoms with Gasteiger partial charge in [-0.2, -0.15) is 0 Å². The van der Waals surface area contributed by atoms with Gasteiger partial charge >= 0.3 is 0 Å². The van der Waals surface area contributed by atoms with E-state index in [1.165, 1.54) is 31.3 Å². The number of allylic oxidation sites excluding steroid dienone is 1. The van der Waals surface area contributed by atoms with Gasteiger partial charge in [-0.1, -0.05) is 34.3 Å². The molecule has 6 unspecified atom stereocenters. The highest BCUT2D eigenvalue weighted by Crippen LogP contribution is 2.65. The number of hydrogen-bond acceptors (Lipinski definition) is 2. The number of aliphatic hydroxyl groups excluding tert-OH is 1. The van der Waals surface area contributed by atoms with Crippen molar-refractivity contribution in [3.63, 3.8) is 0 Å². The summed E-state index contributed by atoms with van der Waals surface area (Å²) >= 11 is 0. The zero-order chi connectivity index (χ0) is 14.8. The Morgan fingerprint density at radius 3 is 2.48 bits per heavy atom. The summed E-state index contributed by atoms with van der Waals surface area (Å²) in [5.74, 6) is 2.57. The molecule has 0 aromatic carbocycles. The first-order valence-electron chi connectivity index (χ1n) is 8.87. The minimum Gasteiger partial charge on any atom is -0.393 e. The zero-order valence-corrected chi connectivity index (χ0v) is 13.4. The average molecular weight is 321 g/mol. The molecule has 23 heavy (non-hydrogen) atoms. The molecule has 1 N–H and O–H groups in total. The number of fused-ring (bicyclic) bond motifs is 5. The number of carbonyl (C=O) groups is 1. The van der Waals surface area contributed by atoms with Crippen molar-refractivity contribution in [2.24, 2.45) is 28.6 Å². The van der Waals surface area contributed by atoms with Crippen LogP contribution >= 0.6 is 0 Å². The summed E-state index contributed by atoms with van der Waals surface area (Å²) in [5, 5.41) is 10.4. The van der Waals surface area contributed by atoms with Gasteiger partial charge in [-0.25, -0.2) is 0 Å². The molecule has 0 aromatic rings. The molecule has 0 aliphatic heterocycles. The third-order valence-corrected chi connectivity index (χ3v) is 7.91. The molecular formula is C21H36O2. The fourth-order valence-corrected chi connectivity index (χ4v) is 6.53. The van der Waals surface area contributed by atoms with E-state index in [0.29, 0.717) is 11.7 Å². The summed E-state index contributed by atoms with van der Waals surface area (Å²) < 4.78 is 0. The summed E-state index contributed by atoms with van der Waals surface area (Å²) in [6.45, 7) is 4.76. The maximum absolute atomic E-state index is 11.8. The van der Waals surface area contributed by atoms with Crippen LogP contribution in [0, 0.1) is 28.6 Å². The number of ketones is 1. The van der Waals surface area contributed by atoms with E-state index in [0.717, 1.165) is 37.5 Å². The van der Waals surface area contributed by atoms with Crippen molar-refractivity contribution < 1.29 is 9.90 Å². The minimum atomic E-state index is -0.0823. The first-order chi connectivity index (χ1) is 9.95. The lowest BCUT2D eigenvalue weighted by atomic mass is 9.47. The van der Waals surface area contributed by atoms with Crippen molar-refractivity contribution in [1.29, 1.82) is 0 Å². The highest BCUT2D eigenvalue weighted by molar-refractivity contribution is 5.91. The molecule has 132 valence electrons. The van der Waals surface area contributed by atoms with Crippen molar-refractivity contribution >= 4 is 5.78 Å². The van der Waals surface area contributed by atoms with Gasteiger partial charge in [0.05, 0.1) is 6.10 Å². The second kappa shape index (κ2) is 6.02. The highest BCUT2D eigenvalue weighted by atomic mass is 16.3. The van der Waals surface area contributed by atoms with Crippen molar-refractivity contribution in [2.45, 2.75) is 86.2 Å². The first-order valence-corrected chi connectivity index (χ1v) is 8.87. The topological polar surface area (TPSA) is 37.3 Å². The molecule has 0 radical (unpaired) electrons. The van der Waals surface area contributed by atoms with Gasteiger partial charge < -0.3 is 5.11 Å². The van der Waals surface area contributed by atoms with Crippen molar-refractivity contribution in [2.75, 3.05) is 0 Å². The summed E-state index contributed by atoms with van der Waals surface area (Å²) in [4.78, 5) is 11.8. The molecule has 2 heteroatoms. The number of rotatable bonds is 0. The largest absolute Gasteiger partial charge is 0.393 e. The third kappa shape index (κ3) is 2.44. The maximum atomic E-state index is 11.8. The van der Waals surface area contributed by atoms with Crippen molar-refractivity contribution in [1.82, 2.24) is 0 Å². The maximum Gasteiger partial charge on any atom is 0.155 e. The zero-order valence-electron chi connectivity index (χ0n) is 13.4.